The molecule has 4 aromatic rings. The van der Waals surface area contributed by atoms with Crippen molar-refractivity contribution < 1.29 is 9.59 Å². The monoisotopic (exact) mass is 640 g/mol. The molecule has 0 aliphatic rings. The molecule has 0 N–H and O–H groups in total. The molecule has 0 saturated heterocycles. The smallest absolute Gasteiger partial charge is 0.137 e. The first-order chi connectivity index (χ1) is 23.7. The number of Topliss-reactive ketones (excluding diaryl/α,β-unsaturated/α-hetero) is 2. The second-order valence-electron chi connectivity index (χ2n) is 11.6. The van der Waals surface area contributed by atoms with Crippen LogP contribution in [0.2, 0.25) is 0 Å². The predicted molar refractivity (Wildman–Crippen MR) is 198 cm³/mol. The lowest BCUT2D eigenvalue weighted by Crippen LogP contribution is -2.03. The number of hydrogen-bond donors (Lipinski definition) is 0. The van der Waals surface area contributed by atoms with E-state index in [0.29, 0.717) is 37.2 Å². The Kier molecular flexibility index (Phi) is 19.6. The Morgan fingerprint density at radius 1 is 0.417 bits per heavy atom. The molecule has 0 bridgehead atoms. The number of benzene rings is 4. The molecule has 48 heavy (non-hydrogen) atoms. The Labute approximate surface area is 286 Å². The van der Waals surface area contributed by atoms with Gasteiger partial charge in [-0.15, -0.1) is 0 Å². The Morgan fingerprint density at radius 3 is 1.15 bits per heavy atom. The van der Waals surface area contributed by atoms with Crippen molar-refractivity contribution >= 4 is 35.0 Å². The third-order valence-electron chi connectivity index (χ3n) is 7.45. The second kappa shape index (κ2) is 25.1. The molecule has 6 heteroatoms. The van der Waals surface area contributed by atoms with Crippen molar-refractivity contribution in [3.8, 4) is 0 Å². The maximum absolute atomic E-state index is 11.9. The Bertz CT molecular complexity index is 1440. The van der Waals surface area contributed by atoms with Crippen LogP contribution in [0.4, 0.5) is 11.4 Å². The SMILES string of the molecule is C(=NCCCCCN=C=Nc1ccccc1)=Nc1ccccc1.O=C(CCCCCCCC(=O)Cc1ccccc1)Cc1ccccc1. The molecule has 0 saturated carbocycles. The number of aliphatic imine (C=N–C) groups is 4. The van der Waals surface area contributed by atoms with Crippen LogP contribution in [0.15, 0.2) is 141 Å². The van der Waals surface area contributed by atoms with E-state index in [-0.39, 0.29) is 0 Å². The minimum absolute atomic E-state index is 0.323. The normalized spacial score (nSPS) is 10.0. The van der Waals surface area contributed by atoms with Crippen molar-refractivity contribution in [2.24, 2.45) is 20.0 Å². The molecular formula is C42H48N4O2. The zero-order valence-electron chi connectivity index (χ0n) is 28.1. The van der Waals surface area contributed by atoms with Gasteiger partial charge in [-0.3, -0.25) is 9.59 Å². The van der Waals surface area contributed by atoms with Crippen molar-refractivity contribution in [3.05, 3.63) is 132 Å². The summed E-state index contributed by atoms with van der Waals surface area (Å²) in [5.74, 6) is 0.647. The summed E-state index contributed by atoms with van der Waals surface area (Å²) in [6, 6.07) is 44.7. The largest absolute Gasteiger partial charge is 0.299 e. The number of hydrogen-bond acceptors (Lipinski definition) is 6. The van der Waals surface area contributed by atoms with E-state index in [1.54, 1.807) is 0 Å². The van der Waals surface area contributed by atoms with E-state index in [1.165, 1.54) is 0 Å². The molecule has 4 rings (SSSR count). The third kappa shape index (κ3) is 18.8. The average molecular weight is 641 g/mol. The predicted octanol–water partition coefficient (Wildman–Crippen LogP) is 10.5. The fourth-order valence-corrected chi connectivity index (χ4v) is 4.85. The maximum Gasteiger partial charge on any atom is 0.137 e. The standard InChI is InChI=1S/C23H28O2.C19H20N4/c24-22(18-20-12-6-4-7-13-20)16-10-2-1-3-11-17-23(25)19-21-14-8-5-9-15-21;1-4-10-18(11-5-1)22-16-20-14-8-3-9-15-21-17-23-19-12-6-2-7-13-19/h4-9,12-15H,1-3,10-11,16-19H2;1-2,4-7,10-13H,3,8-9,14-15H2. The summed E-state index contributed by atoms with van der Waals surface area (Å²) in [6.45, 7) is 1.50. The number of nitrogens with zero attached hydrogens (tertiary/aromatic N) is 4. The molecule has 4 aromatic carbocycles. The van der Waals surface area contributed by atoms with Crippen LogP contribution in [0.25, 0.3) is 0 Å². The minimum atomic E-state index is 0.323. The summed E-state index contributed by atoms with van der Waals surface area (Å²) in [6.07, 6.45) is 10.7. The number of carbonyl (C=O) groups is 2. The van der Waals surface area contributed by atoms with Crippen LogP contribution >= 0.6 is 0 Å². The highest BCUT2D eigenvalue weighted by atomic mass is 16.1. The van der Waals surface area contributed by atoms with Crippen LogP contribution in [0.5, 0.6) is 0 Å². The highest BCUT2D eigenvalue weighted by Gasteiger charge is 2.05. The van der Waals surface area contributed by atoms with Gasteiger partial charge in [-0.2, -0.15) is 9.98 Å². The van der Waals surface area contributed by atoms with Crippen molar-refractivity contribution in [1.82, 2.24) is 0 Å². The second-order valence-corrected chi connectivity index (χ2v) is 11.6. The molecule has 0 aliphatic carbocycles. The zero-order valence-corrected chi connectivity index (χ0v) is 28.1. The zero-order chi connectivity index (χ0) is 33.7. The topological polar surface area (TPSA) is 83.6 Å². The molecule has 0 aromatic heterocycles. The van der Waals surface area contributed by atoms with E-state index in [0.717, 1.165) is 87.0 Å². The van der Waals surface area contributed by atoms with Gasteiger partial charge < -0.3 is 0 Å². The fraction of sp³-hybridized carbons (Fsp3) is 0.333. The van der Waals surface area contributed by atoms with Crippen LogP contribution in [0, 0.1) is 0 Å². The number of para-hydroxylation sites is 2. The van der Waals surface area contributed by atoms with E-state index < -0.39 is 0 Å². The first kappa shape index (κ1) is 37.4. The van der Waals surface area contributed by atoms with Gasteiger partial charge in [0.1, 0.15) is 11.6 Å². The van der Waals surface area contributed by atoms with Gasteiger partial charge in [-0.05, 0) is 67.5 Å². The lowest BCUT2D eigenvalue weighted by atomic mass is 10.0. The first-order valence-corrected chi connectivity index (χ1v) is 17.1. The first-order valence-electron chi connectivity index (χ1n) is 17.1. The molecule has 0 amide bonds. The Balaban J connectivity index is 0.000000261. The molecule has 248 valence electrons. The molecule has 0 spiro atoms. The molecule has 0 atom stereocenters. The molecule has 0 aliphatic heterocycles. The molecular weight excluding hydrogens is 592 g/mol. The van der Waals surface area contributed by atoms with Gasteiger partial charge in [0, 0.05) is 38.8 Å². The molecule has 6 nitrogen and oxygen atoms in total. The molecule has 0 fully saturated rings. The summed E-state index contributed by atoms with van der Waals surface area (Å²) in [4.78, 5) is 40.4. The van der Waals surface area contributed by atoms with Crippen molar-refractivity contribution in [2.45, 2.75) is 77.0 Å². The summed E-state index contributed by atoms with van der Waals surface area (Å²) < 4.78 is 0. The average Bonchev–Trinajstić information content (AvgIpc) is 3.12. The van der Waals surface area contributed by atoms with Crippen LogP contribution < -0.4 is 0 Å². The van der Waals surface area contributed by atoms with E-state index in [9.17, 15) is 9.59 Å². The van der Waals surface area contributed by atoms with Gasteiger partial charge in [0.25, 0.3) is 0 Å². The molecule has 0 heterocycles. The van der Waals surface area contributed by atoms with Crippen molar-refractivity contribution in [1.29, 1.82) is 0 Å². The number of rotatable bonds is 20. The number of carbonyl (C=O) groups excluding carboxylic acids is 2. The fourth-order valence-electron chi connectivity index (χ4n) is 4.85. The maximum atomic E-state index is 11.9. The van der Waals surface area contributed by atoms with E-state index in [2.05, 4.69) is 32.0 Å². The quantitative estimate of drug-likeness (QED) is 0.0711. The molecule has 0 radical (unpaired) electrons. The van der Waals surface area contributed by atoms with Gasteiger partial charge in [-0.1, -0.05) is 116 Å². The highest BCUT2D eigenvalue weighted by Crippen LogP contribution is 2.12. The lowest BCUT2D eigenvalue weighted by Gasteiger charge is -2.03. The minimum Gasteiger partial charge on any atom is -0.299 e. The van der Waals surface area contributed by atoms with Crippen molar-refractivity contribution in [2.75, 3.05) is 13.1 Å². The lowest BCUT2D eigenvalue weighted by molar-refractivity contribution is -0.119. The van der Waals surface area contributed by atoms with E-state index in [1.807, 2.05) is 121 Å². The summed E-state index contributed by atoms with van der Waals surface area (Å²) in [5, 5.41) is 0. The molecule has 0 unspecified atom stereocenters. The number of unbranched alkanes of at least 4 members (excludes halogenated alkanes) is 6. The Morgan fingerprint density at radius 2 is 0.750 bits per heavy atom. The van der Waals surface area contributed by atoms with Crippen LogP contribution in [0.3, 0.4) is 0 Å². The van der Waals surface area contributed by atoms with E-state index >= 15 is 0 Å². The van der Waals surface area contributed by atoms with E-state index in [4.69, 9.17) is 0 Å². The van der Waals surface area contributed by atoms with Gasteiger partial charge in [-0.25, -0.2) is 9.98 Å². The summed E-state index contributed by atoms with van der Waals surface area (Å²) in [7, 11) is 0. The van der Waals surface area contributed by atoms with Crippen LogP contribution in [0.1, 0.15) is 75.3 Å². The van der Waals surface area contributed by atoms with Gasteiger partial charge in [0.15, 0.2) is 0 Å². The third-order valence-corrected chi connectivity index (χ3v) is 7.45. The van der Waals surface area contributed by atoms with Gasteiger partial charge >= 0.3 is 0 Å². The van der Waals surface area contributed by atoms with Crippen molar-refractivity contribution in [3.63, 3.8) is 0 Å². The summed E-state index contributed by atoms with van der Waals surface area (Å²) in [5.41, 5.74) is 3.96. The Hall–Kier alpha value is -5.02. The van der Waals surface area contributed by atoms with Crippen LogP contribution in [-0.2, 0) is 22.4 Å². The van der Waals surface area contributed by atoms with Gasteiger partial charge in [0.2, 0.25) is 0 Å². The van der Waals surface area contributed by atoms with Gasteiger partial charge in [0.05, 0.1) is 23.4 Å². The summed E-state index contributed by atoms with van der Waals surface area (Å²) >= 11 is 0. The van der Waals surface area contributed by atoms with Crippen LogP contribution in [-0.4, -0.2) is 36.7 Å². The highest BCUT2D eigenvalue weighted by molar-refractivity contribution is 5.81. The number of ketones is 2.